The molecule has 3 aromatic rings. The van der Waals surface area contributed by atoms with Gasteiger partial charge in [0.2, 0.25) is 0 Å². The molecular formula is C22H24N2O8. The summed E-state index contributed by atoms with van der Waals surface area (Å²) in [5.74, 6) is -2.42. The van der Waals surface area contributed by atoms with Crippen LogP contribution in [0.1, 0.15) is 29.9 Å². The van der Waals surface area contributed by atoms with Crippen molar-refractivity contribution in [2.45, 2.75) is 20.8 Å². The Morgan fingerprint density at radius 3 is 2.06 bits per heavy atom. The molecule has 0 bridgehead atoms. The van der Waals surface area contributed by atoms with Gasteiger partial charge in [0, 0.05) is 36.3 Å². The van der Waals surface area contributed by atoms with Crippen LogP contribution in [0.3, 0.4) is 0 Å². The standard InChI is InChI=1S/C18H16N2O4.2C2H4O2/c1-10-7-16(13-9-12(24-2)4-5-15(13)19-10)20-11-3-6-17(21)14(8-11)18(22)23;2*1-2(3)4/h3-9,21H,1-2H3,(H,19,20)(H,22,23);2*1H3,(H,3,4). The Morgan fingerprint density at radius 1 is 0.938 bits per heavy atom. The second kappa shape index (κ2) is 11.7. The van der Waals surface area contributed by atoms with E-state index in [1.54, 1.807) is 13.2 Å². The van der Waals surface area contributed by atoms with Gasteiger partial charge in [-0.2, -0.15) is 0 Å². The minimum absolute atomic E-state index is 0.160. The number of phenols is 1. The first-order chi connectivity index (χ1) is 14.9. The van der Waals surface area contributed by atoms with E-state index in [2.05, 4.69) is 10.3 Å². The van der Waals surface area contributed by atoms with Gasteiger partial charge in [-0.15, -0.1) is 0 Å². The Balaban J connectivity index is 0.000000554. The van der Waals surface area contributed by atoms with Gasteiger partial charge in [-0.1, -0.05) is 0 Å². The van der Waals surface area contributed by atoms with Gasteiger partial charge >= 0.3 is 5.97 Å². The van der Waals surface area contributed by atoms with Gasteiger partial charge in [-0.25, -0.2) is 4.79 Å². The molecule has 0 aliphatic heterocycles. The molecule has 5 N–H and O–H groups in total. The lowest BCUT2D eigenvalue weighted by Crippen LogP contribution is -2.00. The van der Waals surface area contributed by atoms with Crippen molar-refractivity contribution in [3.05, 3.63) is 53.7 Å². The SMILES string of the molecule is CC(=O)O.CC(=O)O.COc1ccc2nc(C)cc(Nc3ccc(O)c(C(=O)O)c3)c2c1. The molecule has 0 amide bonds. The van der Waals surface area contributed by atoms with Crippen LogP contribution in [0.2, 0.25) is 0 Å². The molecule has 1 aromatic heterocycles. The number of carboxylic acid groups (broad SMARTS) is 3. The quantitative estimate of drug-likeness (QED) is 0.373. The van der Waals surface area contributed by atoms with E-state index in [0.717, 1.165) is 36.1 Å². The normalized spacial score (nSPS) is 9.50. The van der Waals surface area contributed by atoms with Crippen LogP contribution in [0.25, 0.3) is 10.9 Å². The largest absolute Gasteiger partial charge is 0.507 e. The molecule has 170 valence electrons. The lowest BCUT2D eigenvalue weighted by atomic mass is 10.1. The highest BCUT2D eigenvalue weighted by molar-refractivity contribution is 5.96. The number of ether oxygens (including phenoxy) is 1. The van der Waals surface area contributed by atoms with E-state index in [1.165, 1.54) is 12.1 Å². The number of aryl methyl sites for hydroxylation is 1. The summed E-state index contributed by atoms with van der Waals surface area (Å²) in [4.78, 5) is 33.6. The lowest BCUT2D eigenvalue weighted by molar-refractivity contribution is -0.135. The molecule has 0 fully saturated rings. The van der Waals surface area contributed by atoms with Crippen LogP contribution in [0.15, 0.2) is 42.5 Å². The third-order valence-electron chi connectivity index (χ3n) is 3.65. The number of hydrogen-bond donors (Lipinski definition) is 5. The van der Waals surface area contributed by atoms with Crippen molar-refractivity contribution in [1.82, 2.24) is 4.98 Å². The van der Waals surface area contributed by atoms with Gasteiger partial charge in [-0.3, -0.25) is 14.6 Å². The zero-order valence-electron chi connectivity index (χ0n) is 17.9. The maximum absolute atomic E-state index is 11.2. The summed E-state index contributed by atoms with van der Waals surface area (Å²) >= 11 is 0. The van der Waals surface area contributed by atoms with E-state index in [1.807, 2.05) is 31.2 Å². The smallest absolute Gasteiger partial charge is 0.339 e. The first kappa shape index (κ1) is 25.7. The fourth-order valence-corrected chi connectivity index (χ4v) is 2.51. The summed E-state index contributed by atoms with van der Waals surface area (Å²) < 4.78 is 5.26. The number of pyridine rings is 1. The fourth-order valence-electron chi connectivity index (χ4n) is 2.51. The number of nitrogens with zero attached hydrogens (tertiary/aromatic N) is 1. The topological polar surface area (TPSA) is 166 Å². The van der Waals surface area contributed by atoms with Gasteiger partial charge in [0.1, 0.15) is 17.1 Å². The highest BCUT2D eigenvalue weighted by Gasteiger charge is 2.12. The van der Waals surface area contributed by atoms with E-state index >= 15 is 0 Å². The van der Waals surface area contributed by atoms with Gasteiger partial charge in [0.05, 0.1) is 12.6 Å². The number of carboxylic acids is 3. The van der Waals surface area contributed by atoms with Crippen molar-refractivity contribution < 1.29 is 39.5 Å². The van der Waals surface area contributed by atoms with Crippen LogP contribution in [0.5, 0.6) is 11.5 Å². The van der Waals surface area contributed by atoms with Crippen LogP contribution < -0.4 is 10.1 Å². The lowest BCUT2D eigenvalue weighted by Gasteiger charge is -2.13. The molecule has 0 aliphatic carbocycles. The molecule has 10 nitrogen and oxygen atoms in total. The minimum atomic E-state index is -1.19. The number of benzene rings is 2. The monoisotopic (exact) mass is 444 g/mol. The molecule has 3 rings (SSSR count). The zero-order valence-corrected chi connectivity index (χ0v) is 17.9. The van der Waals surface area contributed by atoms with Gasteiger partial charge in [-0.05, 0) is 49.4 Å². The number of methoxy groups -OCH3 is 1. The fraction of sp³-hybridized carbons (Fsp3) is 0.182. The highest BCUT2D eigenvalue weighted by Crippen LogP contribution is 2.31. The predicted octanol–water partition coefficient (Wildman–Crippen LogP) is 3.88. The second-order valence-corrected chi connectivity index (χ2v) is 6.39. The van der Waals surface area contributed by atoms with Crippen LogP contribution >= 0.6 is 0 Å². The van der Waals surface area contributed by atoms with E-state index in [9.17, 15) is 9.90 Å². The van der Waals surface area contributed by atoms with Crippen molar-refractivity contribution in [3.8, 4) is 11.5 Å². The first-order valence-electron chi connectivity index (χ1n) is 9.12. The molecule has 0 radical (unpaired) electrons. The third kappa shape index (κ3) is 8.19. The molecule has 0 aliphatic rings. The summed E-state index contributed by atoms with van der Waals surface area (Å²) in [5.41, 5.74) is 2.80. The molecule has 0 atom stereocenters. The summed E-state index contributed by atoms with van der Waals surface area (Å²) in [6, 6.07) is 11.8. The summed E-state index contributed by atoms with van der Waals surface area (Å²) in [6.07, 6.45) is 0. The summed E-state index contributed by atoms with van der Waals surface area (Å²) in [6.45, 7) is 4.05. The summed E-state index contributed by atoms with van der Waals surface area (Å²) in [7, 11) is 1.59. The number of rotatable bonds is 4. The Kier molecular flexibility index (Phi) is 9.43. The number of aromatic carboxylic acids is 1. The maximum Gasteiger partial charge on any atom is 0.339 e. The first-order valence-corrected chi connectivity index (χ1v) is 9.12. The zero-order chi connectivity index (χ0) is 24.4. The van der Waals surface area contributed by atoms with E-state index < -0.39 is 17.9 Å². The molecule has 0 spiro atoms. The molecule has 0 saturated carbocycles. The van der Waals surface area contributed by atoms with Crippen molar-refractivity contribution >= 4 is 40.2 Å². The van der Waals surface area contributed by atoms with Crippen LogP contribution in [-0.2, 0) is 9.59 Å². The Hall–Kier alpha value is -4.34. The van der Waals surface area contributed by atoms with Crippen LogP contribution in [0.4, 0.5) is 11.4 Å². The number of anilines is 2. The Morgan fingerprint density at radius 2 is 1.53 bits per heavy atom. The molecular weight excluding hydrogens is 420 g/mol. The Bertz CT molecular complexity index is 1110. The van der Waals surface area contributed by atoms with Crippen LogP contribution in [-0.4, -0.2) is 50.4 Å². The van der Waals surface area contributed by atoms with Crippen molar-refractivity contribution in [3.63, 3.8) is 0 Å². The molecule has 2 aromatic carbocycles. The number of carbonyl (C=O) groups is 3. The van der Waals surface area contributed by atoms with Crippen molar-refractivity contribution in [2.75, 3.05) is 12.4 Å². The van der Waals surface area contributed by atoms with Crippen molar-refractivity contribution in [2.24, 2.45) is 0 Å². The van der Waals surface area contributed by atoms with Crippen molar-refractivity contribution in [1.29, 1.82) is 0 Å². The average molecular weight is 444 g/mol. The van der Waals surface area contributed by atoms with Crippen LogP contribution in [0, 0.1) is 6.92 Å². The molecule has 1 heterocycles. The number of hydrogen-bond acceptors (Lipinski definition) is 7. The Labute approximate surface area is 183 Å². The third-order valence-corrected chi connectivity index (χ3v) is 3.65. The maximum atomic E-state index is 11.2. The number of fused-ring (bicyclic) bond motifs is 1. The highest BCUT2D eigenvalue weighted by atomic mass is 16.5. The second-order valence-electron chi connectivity index (χ2n) is 6.39. The number of nitrogens with one attached hydrogen (secondary N) is 1. The van der Waals surface area contributed by atoms with E-state index in [-0.39, 0.29) is 11.3 Å². The number of aromatic hydroxyl groups is 1. The molecule has 10 heteroatoms. The number of aliphatic carboxylic acids is 2. The number of aromatic nitrogens is 1. The minimum Gasteiger partial charge on any atom is -0.507 e. The molecule has 0 saturated heterocycles. The van der Waals surface area contributed by atoms with E-state index in [0.29, 0.717) is 11.4 Å². The average Bonchev–Trinajstić information content (AvgIpc) is 2.68. The summed E-state index contributed by atoms with van der Waals surface area (Å²) in [5, 5.41) is 37.6. The van der Waals surface area contributed by atoms with Gasteiger partial charge < -0.3 is 30.5 Å². The van der Waals surface area contributed by atoms with Gasteiger partial charge in [0.25, 0.3) is 11.9 Å². The molecule has 0 unspecified atom stereocenters. The van der Waals surface area contributed by atoms with E-state index in [4.69, 9.17) is 29.6 Å². The van der Waals surface area contributed by atoms with Gasteiger partial charge in [0.15, 0.2) is 0 Å². The molecule has 32 heavy (non-hydrogen) atoms. The predicted molar refractivity (Wildman–Crippen MR) is 118 cm³/mol.